The third-order valence-corrected chi connectivity index (χ3v) is 4.11. The van der Waals surface area contributed by atoms with Gasteiger partial charge >= 0.3 is 7.82 Å². The van der Waals surface area contributed by atoms with Crippen LogP contribution in [-0.4, -0.2) is 19.8 Å². The van der Waals surface area contributed by atoms with E-state index in [9.17, 15) is 4.57 Å². The molecule has 0 saturated heterocycles. The van der Waals surface area contributed by atoms with Crippen LogP contribution in [0.4, 0.5) is 0 Å². The maximum atomic E-state index is 12.9. The van der Waals surface area contributed by atoms with Crippen molar-refractivity contribution in [3.05, 3.63) is 72.8 Å². The first-order chi connectivity index (χ1) is 11.6. The highest BCUT2D eigenvalue weighted by molar-refractivity contribution is 7.49. The fourth-order valence-corrected chi connectivity index (χ4v) is 2.95. The van der Waals surface area contributed by atoms with Crippen LogP contribution in [0.5, 0.6) is 11.5 Å². The van der Waals surface area contributed by atoms with Crippen LogP contribution in [-0.2, 0) is 13.8 Å². The number of rotatable bonds is 10. The van der Waals surface area contributed by atoms with Crippen molar-refractivity contribution in [2.24, 2.45) is 0 Å². The summed E-state index contributed by atoms with van der Waals surface area (Å²) in [6.07, 6.45) is 0. The van der Waals surface area contributed by atoms with Crippen molar-refractivity contribution < 1.29 is 22.9 Å². The Morgan fingerprint density at radius 1 is 0.917 bits per heavy atom. The molecule has 0 amide bonds. The Morgan fingerprint density at radius 2 is 1.42 bits per heavy atom. The van der Waals surface area contributed by atoms with Crippen molar-refractivity contribution in [3.8, 4) is 11.5 Å². The molecule has 2 rings (SSSR count). The lowest BCUT2D eigenvalue weighted by Crippen LogP contribution is -2.10. The maximum absolute atomic E-state index is 12.9. The SMILES string of the molecule is C=C(C)COCCOP(=O)(Oc1ccccc1)Oc1ccccc1. The van der Waals surface area contributed by atoms with E-state index in [4.69, 9.17) is 18.3 Å². The summed E-state index contributed by atoms with van der Waals surface area (Å²) in [5, 5.41) is 0. The first-order valence-electron chi connectivity index (χ1n) is 7.53. The van der Waals surface area contributed by atoms with E-state index in [0.717, 1.165) is 5.57 Å². The molecule has 0 aliphatic heterocycles. The van der Waals surface area contributed by atoms with Crippen LogP contribution in [0.25, 0.3) is 0 Å². The molecule has 0 aromatic heterocycles. The second-order valence-electron chi connectivity index (χ2n) is 5.10. The molecule has 0 aliphatic rings. The quantitative estimate of drug-likeness (QED) is 0.349. The van der Waals surface area contributed by atoms with E-state index in [-0.39, 0.29) is 13.2 Å². The highest BCUT2D eigenvalue weighted by Crippen LogP contribution is 2.49. The van der Waals surface area contributed by atoms with E-state index in [1.807, 2.05) is 19.1 Å². The number of hydrogen-bond donors (Lipinski definition) is 0. The van der Waals surface area contributed by atoms with Gasteiger partial charge in [-0.15, -0.1) is 0 Å². The zero-order valence-corrected chi connectivity index (χ0v) is 14.5. The molecular formula is C18H21O5P. The van der Waals surface area contributed by atoms with Gasteiger partial charge in [-0.1, -0.05) is 48.6 Å². The molecule has 0 fully saturated rings. The topological polar surface area (TPSA) is 54.0 Å². The minimum Gasteiger partial charge on any atom is -0.395 e. The molecule has 6 heteroatoms. The number of phosphoric acid groups is 1. The molecule has 24 heavy (non-hydrogen) atoms. The fraction of sp³-hybridized carbons (Fsp3) is 0.222. The zero-order chi connectivity index (χ0) is 17.3. The van der Waals surface area contributed by atoms with Crippen LogP contribution in [0, 0.1) is 0 Å². The second kappa shape index (κ2) is 9.28. The normalized spacial score (nSPS) is 11.0. The van der Waals surface area contributed by atoms with Gasteiger partial charge in [0, 0.05) is 0 Å². The van der Waals surface area contributed by atoms with Gasteiger partial charge in [0.2, 0.25) is 0 Å². The number of phosphoric ester groups is 1. The van der Waals surface area contributed by atoms with E-state index >= 15 is 0 Å². The van der Waals surface area contributed by atoms with Gasteiger partial charge in [-0.3, -0.25) is 4.52 Å². The van der Waals surface area contributed by atoms with E-state index in [0.29, 0.717) is 18.1 Å². The van der Waals surface area contributed by atoms with Gasteiger partial charge in [0.1, 0.15) is 11.5 Å². The predicted molar refractivity (Wildman–Crippen MR) is 93.3 cm³/mol. The molecule has 0 N–H and O–H groups in total. The van der Waals surface area contributed by atoms with E-state index in [1.165, 1.54) is 0 Å². The fourth-order valence-electron chi connectivity index (χ4n) is 1.75. The van der Waals surface area contributed by atoms with Crippen LogP contribution >= 0.6 is 7.82 Å². The summed E-state index contributed by atoms with van der Waals surface area (Å²) in [6.45, 7) is 6.36. The summed E-state index contributed by atoms with van der Waals surface area (Å²) < 4.78 is 34.6. The summed E-state index contributed by atoms with van der Waals surface area (Å²) >= 11 is 0. The zero-order valence-electron chi connectivity index (χ0n) is 13.6. The molecule has 128 valence electrons. The third-order valence-electron chi connectivity index (χ3n) is 2.75. The lowest BCUT2D eigenvalue weighted by Gasteiger charge is -2.19. The van der Waals surface area contributed by atoms with E-state index in [1.54, 1.807) is 48.5 Å². The molecule has 2 aromatic rings. The van der Waals surface area contributed by atoms with E-state index < -0.39 is 7.82 Å². The van der Waals surface area contributed by atoms with Gasteiger partial charge in [0.05, 0.1) is 19.8 Å². The lowest BCUT2D eigenvalue weighted by molar-refractivity contribution is 0.102. The minimum atomic E-state index is -3.83. The molecule has 0 spiro atoms. The first-order valence-corrected chi connectivity index (χ1v) is 8.99. The Bertz CT molecular complexity index is 627. The minimum absolute atomic E-state index is 0.0736. The van der Waals surface area contributed by atoms with Gasteiger partial charge in [-0.2, -0.15) is 0 Å². The average Bonchev–Trinajstić information content (AvgIpc) is 2.56. The summed E-state index contributed by atoms with van der Waals surface area (Å²) in [4.78, 5) is 0. The van der Waals surface area contributed by atoms with Crippen molar-refractivity contribution >= 4 is 7.82 Å². The van der Waals surface area contributed by atoms with Crippen molar-refractivity contribution in [1.82, 2.24) is 0 Å². The average molecular weight is 348 g/mol. The van der Waals surface area contributed by atoms with Crippen molar-refractivity contribution in [3.63, 3.8) is 0 Å². The predicted octanol–water partition coefficient (Wildman–Crippen LogP) is 4.86. The van der Waals surface area contributed by atoms with Crippen molar-refractivity contribution in [2.75, 3.05) is 19.8 Å². The number of hydrogen-bond acceptors (Lipinski definition) is 5. The summed E-state index contributed by atoms with van der Waals surface area (Å²) in [5.41, 5.74) is 0.902. The third kappa shape index (κ3) is 6.59. The Hall–Kier alpha value is -2.07. The Morgan fingerprint density at radius 3 is 1.88 bits per heavy atom. The van der Waals surface area contributed by atoms with Crippen LogP contribution < -0.4 is 9.05 Å². The van der Waals surface area contributed by atoms with Gasteiger partial charge in [0.15, 0.2) is 0 Å². The van der Waals surface area contributed by atoms with Gasteiger partial charge < -0.3 is 13.8 Å². The Balaban J connectivity index is 2.00. The summed E-state index contributed by atoms with van der Waals surface area (Å²) in [5.74, 6) is 0.805. The second-order valence-corrected chi connectivity index (χ2v) is 6.62. The van der Waals surface area contributed by atoms with E-state index in [2.05, 4.69) is 6.58 Å². The van der Waals surface area contributed by atoms with Crippen LogP contribution in [0.1, 0.15) is 6.92 Å². The highest BCUT2D eigenvalue weighted by atomic mass is 31.2. The number of para-hydroxylation sites is 2. The first kappa shape index (κ1) is 18.3. The van der Waals surface area contributed by atoms with Gasteiger partial charge in [-0.05, 0) is 31.2 Å². The van der Waals surface area contributed by atoms with Gasteiger partial charge in [0.25, 0.3) is 0 Å². The molecule has 5 nitrogen and oxygen atoms in total. The maximum Gasteiger partial charge on any atom is 0.587 e. The number of benzene rings is 2. The molecule has 0 heterocycles. The van der Waals surface area contributed by atoms with Crippen molar-refractivity contribution in [1.29, 1.82) is 0 Å². The van der Waals surface area contributed by atoms with Crippen LogP contribution in [0.3, 0.4) is 0 Å². The summed E-state index contributed by atoms with van der Waals surface area (Å²) in [6, 6.07) is 17.5. The van der Waals surface area contributed by atoms with Gasteiger partial charge in [-0.25, -0.2) is 4.57 Å². The molecular weight excluding hydrogens is 327 g/mol. The molecule has 0 aliphatic carbocycles. The van der Waals surface area contributed by atoms with Crippen LogP contribution in [0.2, 0.25) is 0 Å². The smallest absolute Gasteiger partial charge is 0.395 e. The lowest BCUT2D eigenvalue weighted by atomic mass is 10.3. The molecule has 2 aromatic carbocycles. The Kier molecular flexibility index (Phi) is 7.07. The monoisotopic (exact) mass is 348 g/mol. The van der Waals surface area contributed by atoms with Crippen LogP contribution in [0.15, 0.2) is 72.8 Å². The largest absolute Gasteiger partial charge is 0.587 e. The molecule has 0 atom stereocenters. The molecule has 0 saturated carbocycles. The molecule has 0 bridgehead atoms. The highest BCUT2D eigenvalue weighted by Gasteiger charge is 2.30. The Labute approximate surface area is 142 Å². The summed E-state index contributed by atoms with van der Waals surface area (Å²) in [7, 11) is -3.83. The number of ether oxygens (including phenoxy) is 1. The van der Waals surface area contributed by atoms with Crippen molar-refractivity contribution in [2.45, 2.75) is 6.92 Å². The molecule has 0 unspecified atom stereocenters. The molecule has 0 radical (unpaired) electrons. The standard InChI is InChI=1S/C18H21O5P/c1-16(2)15-20-13-14-21-24(19,22-17-9-5-3-6-10-17)23-18-11-7-4-8-12-18/h3-12H,1,13-15H2,2H3.